The summed E-state index contributed by atoms with van der Waals surface area (Å²) in [4.78, 5) is 52.8. The highest BCUT2D eigenvalue weighted by Gasteiger charge is 2.24. The molecule has 0 unspecified atom stereocenters. The van der Waals surface area contributed by atoms with E-state index < -0.39 is 11.9 Å². The third kappa shape index (κ3) is 9.70. The molecule has 15 nitrogen and oxygen atoms in total. The lowest BCUT2D eigenvalue weighted by atomic mass is 10.0. The Morgan fingerprint density at radius 3 is 2.44 bits per heavy atom. The number of urea groups is 1. The highest BCUT2D eigenvalue weighted by atomic mass is 16.4. The van der Waals surface area contributed by atoms with Crippen LogP contribution in [0.1, 0.15) is 67.0 Å². The molecule has 0 radical (unpaired) electrons. The number of aliphatic carboxylic acids is 1. The zero-order valence-corrected chi connectivity index (χ0v) is 26.8. The zero-order valence-electron chi connectivity index (χ0n) is 26.8. The van der Waals surface area contributed by atoms with Crippen LogP contribution in [0.25, 0.3) is 5.57 Å². The summed E-state index contributed by atoms with van der Waals surface area (Å²) >= 11 is 0. The van der Waals surface area contributed by atoms with Gasteiger partial charge in [-0.15, -0.1) is 10.2 Å². The number of hydrazone groups is 1. The number of pyridine rings is 1. The van der Waals surface area contributed by atoms with E-state index in [1.54, 1.807) is 24.2 Å². The van der Waals surface area contributed by atoms with Crippen LogP contribution in [0.15, 0.2) is 58.3 Å². The number of hydrogen-bond donors (Lipinski definition) is 4. The fourth-order valence-electron chi connectivity index (χ4n) is 5.29. The maximum absolute atomic E-state index is 12.9. The molecule has 2 aliphatic rings. The summed E-state index contributed by atoms with van der Waals surface area (Å²) in [6.45, 7) is 4.35. The van der Waals surface area contributed by atoms with Crippen molar-refractivity contribution in [1.82, 2.24) is 35.7 Å². The van der Waals surface area contributed by atoms with Gasteiger partial charge < -0.3 is 30.4 Å². The number of anilines is 1. The molecule has 3 aromatic rings. The van der Waals surface area contributed by atoms with Crippen molar-refractivity contribution in [2.24, 2.45) is 5.10 Å². The predicted octanol–water partition coefficient (Wildman–Crippen LogP) is 3.08. The summed E-state index contributed by atoms with van der Waals surface area (Å²) in [5, 5.41) is 31.8. The molecule has 0 spiro atoms. The van der Waals surface area contributed by atoms with Gasteiger partial charge in [0.05, 0.1) is 25.2 Å². The molecule has 4 N–H and O–H groups in total. The maximum atomic E-state index is 12.9. The SMILES string of the molecule is Cc1nnc(C2=CC(c3ccc(NC(=O)N4Cc5ccncc5C4)cc3)=NN(CCCCCCNC(=O)CNC(=O)CCC(=O)O)C2)o1. The summed E-state index contributed by atoms with van der Waals surface area (Å²) in [7, 11) is 0. The topological polar surface area (TPSA) is 195 Å². The van der Waals surface area contributed by atoms with E-state index in [4.69, 9.17) is 14.6 Å². The van der Waals surface area contributed by atoms with Crippen molar-refractivity contribution in [3.05, 3.63) is 77.3 Å². The van der Waals surface area contributed by atoms with Crippen LogP contribution >= 0.6 is 0 Å². The van der Waals surface area contributed by atoms with Crippen LogP contribution in [0, 0.1) is 6.92 Å². The van der Waals surface area contributed by atoms with E-state index >= 15 is 0 Å². The quantitative estimate of drug-likeness (QED) is 0.176. The number of allylic oxidation sites excluding steroid dienone is 1. The molecule has 0 saturated carbocycles. The van der Waals surface area contributed by atoms with Crippen LogP contribution in [-0.4, -0.2) is 85.9 Å². The van der Waals surface area contributed by atoms with Gasteiger partial charge in [0.15, 0.2) is 0 Å². The third-order valence-electron chi connectivity index (χ3n) is 7.84. The minimum atomic E-state index is -1.06. The van der Waals surface area contributed by atoms with Crippen LogP contribution in [0.5, 0.6) is 0 Å². The number of amides is 4. The van der Waals surface area contributed by atoms with Gasteiger partial charge in [0, 0.05) is 68.7 Å². The van der Waals surface area contributed by atoms with Crippen molar-refractivity contribution in [3.8, 4) is 0 Å². The first-order valence-corrected chi connectivity index (χ1v) is 15.9. The molecule has 4 heterocycles. The van der Waals surface area contributed by atoms with E-state index in [-0.39, 0.29) is 31.3 Å². The number of nitrogens with zero attached hydrogens (tertiary/aromatic N) is 6. The highest BCUT2D eigenvalue weighted by molar-refractivity contribution is 6.12. The highest BCUT2D eigenvalue weighted by Crippen LogP contribution is 2.24. The number of hydrogen-bond acceptors (Lipinski definition) is 10. The molecule has 0 atom stereocenters. The summed E-state index contributed by atoms with van der Waals surface area (Å²) in [5.41, 5.74) is 5.32. The molecular weight excluding hydrogens is 618 g/mol. The lowest BCUT2D eigenvalue weighted by Crippen LogP contribution is -2.37. The van der Waals surface area contributed by atoms with Crippen molar-refractivity contribution in [2.45, 2.75) is 58.5 Å². The number of carbonyl (C=O) groups is 4. The van der Waals surface area contributed by atoms with Crippen molar-refractivity contribution in [2.75, 3.05) is 31.5 Å². The van der Waals surface area contributed by atoms with Crippen LogP contribution in [0.2, 0.25) is 0 Å². The first-order chi connectivity index (χ1) is 23.2. The largest absolute Gasteiger partial charge is 0.481 e. The number of fused-ring (bicyclic) bond motifs is 1. The normalized spacial score (nSPS) is 13.8. The zero-order chi connectivity index (χ0) is 33.9. The summed E-state index contributed by atoms with van der Waals surface area (Å²) in [6.07, 6.45) is 8.54. The van der Waals surface area contributed by atoms with Gasteiger partial charge in [0.2, 0.25) is 23.6 Å². The number of carboxylic acid groups (broad SMARTS) is 1. The number of aryl methyl sites for hydroxylation is 1. The first-order valence-electron chi connectivity index (χ1n) is 15.9. The van der Waals surface area contributed by atoms with E-state index in [1.807, 2.05) is 41.4 Å². The molecule has 5 rings (SSSR count). The van der Waals surface area contributed by atoms with E-state index in [9.17, 15) is 19.2 Å². The van der Waals surface area contributed by atoms with E-state index in [2.05, 4.69) is 31.1 Å². The Morgan fingerprint density at radius 1 is 0.896 bits per heavy atom. The minimum Gasteiger partial charge on any atom is -0.481 e. The second-order valence-corrected chi connectivity index (χ2v) is 11.6. The molecule has 2 aliphatic heterocycles. The van der Waals surface area contributed by atoms with E-state index in [0.29, 0.717) is 50.2 Å². The van der Waals surface area contributed by atoms with Gasteiger partial charge >= 0.3 is 12.0 Å². The van der Waals surface area contributed by atoms with Gasteiger partial charge in [0.25, 0.3) is 0 Å². The van der Waals surface area contributed by atoms with Gasteiger partial charge in [-0.05, 0) is 48.2 Å². The van der Waals surface area contributed by atoms with Crippen molar-refractivity contribution >= 4 is 40.8 Å². The molecule has 0 saturated heterocycles. The Balaban J connectivity index is 1.09. The standard InChI is InChI=1S/C33H39N9O6/c1-22-38-39-32(48-22)25-16-28(23-6-8-27(9-7-23)37-33(47)41-19-24-12-14-34-17-26(24)20-41)40-42(21-25)15-5-3-2-4-13-35-30(44)18-36-29(43)10-11-31(45)46/h6-9,12,14,16-17H,2-5,10-11,13,15,18-21H2,1H3,(H,35,44)(H,36,43)(H,37,47)(H,45,46). The molecular formula is C33H39N9O6. The second-order valence-electron chi connectivity index (χ2n) is 11.6. The number of carbonyl (C=O) groups excluding carboxylic acids is 3. The maximum Gasteiger partial charge on any atom is 0.322 e. The van der Waals surface area contributed by atoms with Gasteiger partial charge in [0.1, 0.15) is 0 Å². The number of nitrogens with one attached hydrogen (secondary N) is 3. The molecule has 2 aromatic heterocycles. The Labute approximate surface area is 277 Å². The molecule has 252 valence electrons. The molecule has 4 amide bonds. The molecule has 0 bridgehead atoms. The predicted molar refractivity (Wildman–Crippen MR) is 175 cm³/mol. The fraction of sp³-hybridized carbons (Fsp3) is 0.394. The number of unbranched alkanes of at least 4 members (excludes halogenated alkanes) is 3. The minimum absolute atomic E-state index is 0.156. The smallest absolute Gasteiger partial charge is 0.322 e. The van der Waals surface area contributed by atoms with Crippen LogP contribution in [0.4, 0.5) is 10.5 Å². The Morgan fingerprint density at radius 2 is 1.69 bits per heavy atom. The average Bonchev–Trinajstić information content (AvgIpc) is 3.73. The lowest BCUT2D eigenvalue weighted by molar-refractivity contribution is -0.138. The van der Waals surface area contributed by atoms with E-state index in [0.717, 1.165) is 53.7 Å². The molecule has 1 aromatic carbocycles. The summed E-state index contributed by atoms with van der Waals surface area (Å²) in [5.74, 6) is -0.907. The third-order valence-corrected chi connectivity index (χ3v) is 7.84. The van der Waals surface area contributed by atoms with E-state index in [1.165, 1.54) is 0 Å². The van der Waals surface area contributed by atoms with Crippen LogP contribution in [-0.2, 0) is 27.5 Å². The van der Waals surface area contributed by atoms with Gasteiger partial charge in [-0.2, -0.15) is 5.10 Å². The fourth-order valence-corrected chi connectivity index (χ4v) is 5.29. The molecule has 0 fully saturated rings. The van der Waals surface area contributed by atoms with Gasteiger partial charge in [-0.1, -0.05) is 25.0 Å². The first kappa shape index (κ1) is 33.8. The summed E-state index contributed by atoms with van der Waals surface area (Å²) < 4.78 is 5.72. The number of benzene rings is 1. The lowest BCUT2D eigenvalue weighted by Gasteiger charge is -2.25. The van der Waals surface area contributed by atoms with Crippen molar-refractivity contribution in [3.63, 3.8) is 0 Å². The van der Waals surface area contributed by atoms with Crippen molar-refractivity contribution < 1.29 is 28.7 Å². The van der Waals surface area contributed by atoms with Gasteiger partial charge in [-0.25, -0.2) is 4.79 Å². The molecule has 0 aliphatic carbocycles. The summed E-state index contributed by atoms with van der Waals surface area (Å²) in [6, 6.07) is 9.32. The molecule has 48 heavy (non-hydrogen) atoms. The number of carboxylic acids is 1. The van der Waals surface area contributed by atoms with Crippen LogP contribution < -0.4 is 16.0 Å². The number of aromatic nitrogens is 3. The van der Waals surface area contributed by atoms with Crippen LogP contribution in [0.3, 0.4) is 0 Å². The Hall–Kier alpha value is -5.60. The van der Waals surface area contributed by atoms with Crippen molar-refractivity contribution in [1.29, 1.82) is 0 Å². The average molecular weight is 658 g/mol. The monoisotopic (exact) mass is 657 g/mol. The van der Waals surface area contributed by atoms with Gasteiger partial charge in [-0.3, -0.25) is 24.4 Å². The Kier molecular flexibility index (Phi) is 11.5. The molecule has 15 heteroatoms. The second kappa shape index (κ2) is 16.3. The Bertz CT molecular complexity index is 1660. The number of rotatable bonds is 15.